The first-order valence-corrected chi connectivity index (χ1v) is 56.0. The molecule has 9 aromatic rings. The lowest BCUT2D eigenvalue weighted by Gasteiger charge is -2.32. The summed E-state index contributed by atoms with van der Waals surface area (Å²) in [6.07, 6.45) is 18.4. The smallest absolute Gasteiger partial charge is 0.224 e. The fourth-order valence-electron chi connectivity index (χ4n) is 15.7. The highest BCUT2D eigenvalue weighted by Crippen LogP contribution is 2.38. The van der Waals surface area contributed by atoms with Crippen LogP contribution in [0.5, 0.6) is 0 Å². The van der Waals surface area contributed by atoms with E-state index in [9.17, 15) is 43.2 Å². The highest BCUT2D eigenvalue weighted by atomic mass is 32.1. The first-order valence-electron chi connectivity index (χ1n) is 52.3. The average Bonchev–Trinajstić information content (AvgIpc) is 0.739. The lowest BCUT2D eigenvalue weighted by molar-refractivity contribution is 0.358. The van der Waals surface area contributed by atoms with Crippen LogP contribution in [-0.4, -0.2) is 142 Å². The Bertz CT molecular complexity index is 6380. The molecule has 0 saturated heterocycles. The monoisotopic (exact) mass is 2220 g/mol. The number of hydrogen-bond acceptors (Lipinski definition) is 34. The van der Waals surface area contributed by atoms with Crippen molar-refractivity contribution in [2.45, 2.75) is 324 Å². The molecule has 9 rings (SSSR count). The van der Waals surface area contributed by atoms with E-state index >= 15 is 0 Å². The zero-order valence-electron chi connectivity index (χ0n) is 98.5. The summed E-state index contributed by atoms with van der Waals surface area (Å²) < 4.78 is 4.00. The first-order chi connectivity index (χ1) is 67.2. The van der Waals surface area contributed by atoms with Gasteiger partial charge >= 0.3 is 0 Å². The molecule has 0 unspecified atom stereocenters. The van der Waals surface area contributed by atoms with Gasteiger partial charge in [0.15, 0.2) is 0 Å². The Morgan fingerprint density at radius 2 is 0.446 bits per heavy atom. The van der Waals surface area contributed by atoms with Crippen LogP contribution in [0.1, 0.15) is 322 Å². The van der Waals surface area contributed by atoms with E-state index in [0.717, 1.165) is 230 Å². The van der Waals surface area contributed by atoms with E-state index in [1.165, 1.54) is 19.3 Å². The van der Waals surface area contributed by atoms with Gasteiger partial charge in [0.25, 0.3) is 0 Å². The van der Waals surface area contributed by atoms with E-state index in [2.05, 4.69) is 231 Å². The molecule has 9 aromatic carbocycles. The third kappa shape index (κ3) is 43.3. The standard InChI is InChI=1S/C15H26N2OS.C14H24N2OS.2C13H22N2OS.C13H21NOS.2C12H20N2OS.C11H18N2OS.C11H17NOS/c1-7-17(8-2)11-12(14(19)13(11)18)16(6)10-9-15(3,4)5;1-7-15(5)10-11(13(18)12(10)17)16(6)9-8-14(2,3)4;1-13(2,3)7-8-15(6)10-9(14(4)5)11(16)12(10)17;1-6-14-9-10(12(17)11(9)16)15(5)8-7-13(2,3)4;1-13(2,3)8-6-4-5-7-9-10(14)11(15)12(9)16;2*1-12(2,3)6-5-7-14(4)9-8(13)10(15)11(9)16;1-11(2,3)5-6-13(4)8-7(12)9(14)10(8)15;1-11(2,3)6-4-5-7-8(12)9(13)10(7)14/h7-10H2,1-6H3;7-9H2,1-6H3;7-8H2,1-6H3;14H,6-8H2,1-5H3;4-8,14H2,1-3H3;2*5-7,13H2,1-4H3;5-6,12H2,1-4H3;4-6,12H2,1-3H3. The third-order valence-corrected chi connectivity index (χ3v) is 29.3. The molecule has 834 valence electrons. The summed E-state index contributed by atoms with van der Waals surface area (Å²) in [6.45, 7) is 77.6. The minimum atomic E-state index is -0.178. The quantitative estimate of drug-likeness (QED) is 0.0154. The van der Waals surface area contributed by atoms with E-state index in [-0.39, 0.29) is 54.3 Å². The van der Waals surface area contributed by atoms with Gasteiger partial charge in [-0.25, -0.2) is 0 Å². The number of unbranched alkanes of at least 4 members (excludes halogenated alkanes) is 2. The number of nitrogens with zero attached hydrogens (tertiary/aromatic N) is 10. The average molecular weight is 2220 g/mol. The topological polar surface area (TPSA) is 328 Å². The lowest BCUT2D eigenvalue weighted by Crippen LogP contribution is -2.36. The fourth-order valence-corrected chi connectivity index (χ4v) is 18.8. The van der Waals surface area contributed by atoms with Crippen molar-refractivity contribution in [1.82, 2.24) is 0 Å². The molecule has 0 amide bonds. The minimum Gasteiger partial charge on any atom is -0.395 e. The second-order valence-electron chi connectivity index (χ2n) is 50.8. The maximum atomic E-state index is 12.0. The van der Waals surface area contributed by atoms with Crippen molar-refractivity contribution in [3.63, 3.8) is 0 Å². The van der Waals surface area contributed by atoms with Crippen LogP contribution >= 0.6 is 110 Å². The Hall–Kier alpha value is -7.70. The molecular weight excluding hydrogens is 2030 g/mol. The number of rotatable bonds is 39. The summed E-state index contributed by atoms with van der Waals surface area (Å²) in [4.78, 5) is 123. The molecule has 148 heavy (non-hydrogen) atoms. The van der Waals surface area contributed by atoms with Gasteiger partial charge in [-0.15, -0.1) is 0 Å². The third-order valence-electron chi connectivity index (χ3n) is 25.8. The molecule has 0 aliphatic rings. The zero-order valence-corrected chi connectivity index (χ0v) is 106. The van der Waals surface area contributed by atoms with Crippen LogP contribution in [0, 0.1) is 89.3 Å². The van der Waals surface area contributed by atoms with E-state index in [1.54, 1.807) is 0 Å². The predicted octanol–water partition coefficient (Wildman–Crippen LogP) is 25.0. The molecule has 0 aliphatic heterocycles. The number of nitrogen functional groups attached to an aromatic ring is 5. The maximum absolute atomic E-state index is 12.0. The first kappa shape index (κ1) is 138. The molecular formula is C114H190N16O9S9. The second kappa shape index (κ2) is 58.6. The van der Waals surface area contributed by atoms with Crippen molar-refractivity contribution in [3.8, 4) is 0 Å². The Morgan fingerprint density at radius 3 is 0.716 bits per heavy atom. The van der Waals surface area contributed by atoms with E-state index < -0.39 is 0 Å². The SMILES string of the molecule is CC(C)(C)CCCCCc1c(N)c(=O)c1=S.CC(C)(C)CCCc1c(N)c(=O)c1=S.CCN(C)c1c(N(C)CCC(C)(C)C)c(=S)c1=O.CCN(CC)c1c(N(C)CCC(C)(C)C)c(=S)c1=O.CCNc1c(N(C)CCC(C)(C)C)c(=S)c1=O.CN(C)c1c(N(C)CCC(C)(C)C)c(=S)c1=O.CN(CCC(C)(C)C)c1c(N)c(=O)c1=S.CN(CCCC(C)(C)C)c1c(N)c(=O)c1=S.CN(CCCC(C)(C)C)c1c(N)c(=O)c1=S. The number of nitrogens with two attached hydrogens (primary N) is 5. The van der Waals surface area contributed by atoms with Gasteiger partial charge in [0.1, 0.15) is 71.4 Å². The van der Waals surface area contributed by atoms with Gasteiger partial charge in [0, 0.05) is 154 Å². The summed E-state index contributed by atoms with van der Waals surface area (Å²) in [5.41, 5.74) is 42.8. The van der Waals surface area contributed by atoms with Crippen LogP contribution in [0.2, 0.25) is 0 Å². The van der Waals surface area contributed by atoms with E-state index in [4.69, 9.17) is 139 Å². The van der Waals surface area contributed by atoms with Crippen LogP contribution in [0.25, 0.3) is 0 Å². The van der Waals surface area contributed by atoms with Crippen LogP contribution in [0.3, 0.4) is 0 Å². The summed E-state index contributed by atoms with van der Waals surface area (Å²) in [5.74, 6) is 0. The molecule has 25 nitrogen and oxygen atoms in total. The van der Waals surface area contributed by atoms with Gasteiger partial charge in [-0.1, -0.05) is 310 Å². The van der Waals surface area contributed by atoms with Gasteiger partial charge in [-0.3, -0.25) is 43.2 Å². The van der Waals surface area contributed by atoms with E-state index in [0.29, 0.717) is 118 Å². The summed E-state index contributed by atoms with van der Waals surface area (Å²) in [5, 5.41) is 3.09. The lowest BCUT2D eigenvalue weighted by atomic mass is 9.88. The molecule has 0 heterocycles. The highest BCUT2D eigenvalue weighted by Gasteiger charge is 2.31. The molecule has 0 aliphatic carbocycles. The number of hydrogen-bond donors (Lipinski definition) is 6. The Balaban J connectivity index is 0.000000833. The van der Waals surface area contributed by atoms with Gasteiger partial charge in [0.2, 0.25) is 48.9 Å². The number of anilines is 16. The summed E-state index contributed by atoms with van der Waals surface area (Å²) >= 11 is 45.4. The van der Waals surface area contributed by atoms with Gasteiger partial charge in [-0.2, -0.15) is 0 Å². The molecule has 0 saturated carbocycles. The molecule has 11 N–H and O–H groups in total. The van der Waals surface area contributed by atoms with Crippen molar-refractivity contribution >= 4 is 201 Å². The van der Waals surface area contributed by atoms with Crippen molar-refractivity contribution < 1.29 is 0 Å². The fraction of sp³-hybridized carbons (Fsp3) is 0.684. The van der Waals surface area contributed by atoms with Crippen LogP contribution in [0.15, 0.2) is 43.2 Å². The highest BCUT2D eigenvalue weighted by molar-refractivity contribution is 7.73. The normalized spacial score (nSPS) is 12.0. The van der Waals surface area contributed by atoms with Crippen molar-refractivity contribution in [1.29, 1.82) is 0 Å². The van der Waals surface area contributed by atoms with Gasteiger partial charge in [0.05, 0.1) is 60.2 Å². The van der Waals surface area contributed by atoms with Crippen LogP contribution in [0.4, 0.5) is 91.0 Å². The molecule has 0 aromatic heterocycles. The van der Waals surface area contributed by atoms with Crippen LogP contribution < -0.4 is 132 Å². The minimum absolute atomic E-state index is 0.00242. The summed E-state index contributed by atoms with van der Waals surface area (Å²) in [6, 6.07) is 0. The van der Waals surface area contributed by atoms with Crippen molar-refractivity contribution in [2.75, 3.05) is 225 Å². The molecule has 0 spiro atoms. The van der Waals surface area contributed by atoms with E-state index in [1.807, 2.05) is 109 Å². The summed E-state index contributed by atoms with van der Waals surface area (Å²) in [7, 11) is 19.5. The molecule has 34 heteroatoms. The largest absolute Gasteiger partial charge is 0.395 e. The molecule has 0 fully saturated rings. The predicted molar refractivity (Wildman–Crippen MR) is 671 cm³/mol. The molecule has 0 bridgehead atoms. The van der Waals surface area contributed by atoms with Gasteiger partial charge in [-0.05, 0) is 173 Å². The Morgan fingerprint density at radius 1 is 0.216 bits per heavy atom. The van der Waals surface area contributed by atoms with Crippen molar-refractivity contribution in [2.24, 2.45) is 48.7 Å². The molecule has 0 radical (unpaired) electrons. The van der Waals surface area contributed by atoms with Gasteiger partial charge < -0.3 is 83.0 Å². The molecule has 0 atom stereocenters. The number of nitrogens with one attached hydrogen (secondary N) is 1. The zero-order chi connectivity index (χ0) is 116. The Labute approximate surface area is 935 Å². The second-order valence-corrected chi connectivity index (χ2v) is 54.5. The van der Waals surface area contributed by atoms with Crippen molar-refractivity contribution in [3.05, 3.63) is 144 Å². The Kier molecular flexibility index (Phi) is 54.7. The maximum Gasteiger partial charge on any atom is 0.224 e. The van der Waals surface area contributed by atoms with Crippen LogP contribution in [-0.2, 0) is 12.8 Å².